The van der Waals surface area contributed by atoms with E-state index in [2.05, 4.69) is 0 Å². The number of carbonyl (C=O) groups excluding carboxylic acids is 1. The summed E-state index contributed by atoms with van der Waals surface area (Å²) in [5.41, 5.74) is 2.58. The summed E-state index contributed by atoms with van der Waals surface area (Å²) in [6, 6.07) is 13.9. The van der Waals surface area contributed by atoms with Gasteiger partial charge in [0.1, 0.15) is 18.1 Å². The molecular formula is C23H14Cl4O3. The number of hydrogen-bond acceptors (Lipinski definition) is 3. The number of carbonyl (C=O) groups is 1. The van der Waals surface area contributed by atoms with E-state index in [-0.39, 0.29) is 11.5 Å². The van der Waals surface area contributed by atoms with E-state index in [1.54, 1.807) is 48.5 Å². The third-order valence-corrected chi connectivity index (χ3v) is 6.09. The quantitative estimate of drug-likeness (QED) is 0.358. The van der Waals surface area contributed by atoms with Crippen LogP contribution in [0, 0.1) is 6.92 Å². The minimum absolute atomic E-state index is 0.157. The van der Waals surface area contributed by atoms with Crippen LogP contribution in [-0.2, 0) is 6.61 Å². The van der Waals surface area contributed by atoms with E-state index in [1.807, 2.05) is 13.0 Å². The van der Waals surface area contributed by atoms with Gasteiger partial charge in [-0.05, 0) is 55.0 Å². The summed E-state index contributed by atoms with van der Waals surface area (Å²) in [4.78, 5) is 12.8. The maximum absolute atomic E-state index is 12.8. The number of ketones is 1. The molecule has 0 amide bonds. The van der Waals surface area contributed by atoms with Gasteiger partial charge >= 0.3 is 0 Å². The van der Waals surface area contributed by atoms with Crippen molar-refractivity contribution in [3.63, 3.8) is 0 Å². The molecule has 0 saturated heterocycles. The van der Waals surface area contributed by atoms with E-state index in [9.17, 15) is 4.79 Å². The van der Waals surface area contributed by atoms with E-state index in [4.69, 9.17) is 55.9 Å². The maximum Gasteiger partial charge on any atom is 0.231 e. The van der Waals surface area contributed by atoms with Gasteiger partial charge in [0, 0.05) is 21.2 Å². The van der Waals surface area contributed by atoms with Crippen LogP contribution in [0.15, 0.2) is 54.3 Å². The smallest absolute Gasteiger partial charge is 0.231 e. The first-order valence-electron chi connectivity index (χ1n) is 8.93. The van der Waals surface area contributed by atoms with Crippen LogP contribution >= 0.6 is 46.4 Å². The Balaban J connectivity index is 1.60. The standard InChI is InChI=1S/C23H14Cl4O3/c1-12-20(29-11-13-5-7-18(26)19(27)9-13)8-6-14-22(28)21(30-23(12)14)10-15-16(24)3-2-4-17(15)25/h2-10H,11H2,1H3/b21-10-. The fraction of sp³-hybridized carbons (Fsp3) is 0.0870. The molecule has 3 aromatic carbocycles. The third-order valence-electron chi connectivity index (χ3n) is 4.69. The molecule has 0 bridgehead atoms. The van der Waals surface area contributed by atoms with E-state index in [1.165, 1.54) is 0 Å². The van der Waals surface area contributed by atoms with E-state index in [0.717, 1.165) is 11.1 Å². The van der Waals surface area contributed by atoms with E-state index < -0.39 is 0 Å². The SMILES string of the molecule is Cc1c(OCc2ccc(Cl)c(Cl)c2)ccc2c1O/C(=C\c1c(Cl)cccc1Cl)C2=O. The van der Waals surface area contributed by atoms with Crippen molar-refractivity contribution in [2.45, 2.75) is 13.5 Å². The summed E-state index contributed by atoms with van der Waals surface area (Å²) in [7, 11) is 0. The molecule has 3 aromatic rings. The van der Waals surface area contributed by atoms with Crippen LogP contribution < -0.4 is 9.47 Å². The monoisotopic (exact) mass is 478 g/mol. The molecule has 0 spiro atoms. The molecule has 0 radical (unpaired) electrons. The Hall–Kier alpha value is -2.17. The fourth-order valence-corrected chi connectivity index (χ4v) is 3.92. The molecule has 3 nitrogen and oxygen atoms in total. The van der Waals surface area contributed by atoms with Crippen LogP contribution in [-0.4, -0.2) is 5.78 Å². The Morgan fingerprint density at radius 1 is 0.933 bits per heavy atom. The molecule has 0 saturated carbocycles. The molecule has 0 fully saturated rings. The van der Waals surface area contributed by atoms with Gasteiger partial charge in [-0.1, -0.05) is 58.5 Å². The molecule has 4 rings (SSSR count). The van der Waals surface area contributed by atoms with Gasteiger partial charge in [0.2, 0.25) is 5.78 Å². The second-order valence-corrected chi connectivity index (χ2v) is 8.31. The van der Waals surface area contributed by atoms with Gasteiger partial charge in [0.05, 0.1) is 15.6 Å². The molecule has 0 aliphatic carbocycles. The molecule has 0 aromatic heterocycles. The molecule has 1 aliphatic rings. The van der Waals surface area contributed by atoms with Gasteiger partial charge in [-0.25, -0.2) is 0 Å². The third kappa shape index (κ3) is 4.03. The lowest BCUT2D eigenvalue weighted by Crippen LogP contribution is -1.98. The number of ether oxygens (including phenoxy) is 2. The number of halogens is 4. The van der Waals surface area contributed by atoms with Gasteiger partial charge in [-0.15, -0.1) is 0 Å². The summed E-state index contributed by atoms with van der Waals surface area (Å²) < 4.78 is 11.8. The average Bonchev–Trinajstić information content (AvgIpc) is 3.03. The predicted molar refractivity (Wildman–Crippen MR) is 121 cm³/mol. The Morgan fingerprint density at radius 3 is 2.37 bits per heavy atom. The van der Waals surface area contributed by atoms with Crippen LogP contribution in [0.4, 0.5) is 0 Å². The minimum atomic E-state index is -0.236. The summed E-state index contributed by atoms with van der Waals surface area (Å²) >= 11 is 24.4. The molecule has 152 valence electrons. The minimum Gasteiger partial charge on any atom is -0.488 e. The molecule has 30 heavy (non-hydrogen) atoms. The van der Waals surface area contributed by atoms with Crippen LogP contribution in [0.5, 0.6) is 11.5 Å². The summed E-state index contributed by atoms with van der Waals surface area (Å²) in [5.74, 6) is 0.982. The lowest BCUT2D eigenvalue weighted by molar-refractivity contribution is 0.101. The van der Waals surface area contributed by atoms with Crippen LogP contribution in [0.1, 0.15) is 27.0 Å². The van der Waals surface area contributed by atoms with Gasteiger partial charge in [0.15, 0.2) is 5.76 Å². The highest BCUT2D eigenvalue weighted by Crippen LogP contribution is 2.40. The average molecular weight is 480 g/mol. The summed E-state index contributed by atoms with van der Waals surface area (Å²) in [6.45, 7) is 2.13. The van der Waals surface area contributed by atoms with Gasteiger partial charge in [0.25, 0.3) is 0 Å². The predicted octanol–water partition coefficient (Wildman–Crippen LogP) is 7.80. The van der Waals surface area contributed by atoms with Crippen molar-refractivity contribution >= 4 is 58.3 Å². The number of fused-ring (bicyclic) bond motifs is 1. The zero-order valence-corrected chi connectivity index (χ0v) is 18.7. The largest absolute Gasteiger partial charge is 0.488 e. The Morgan fingerprint density at radius 2 is 1.67 bits per heavy atom. The van der Waals surface area contributed by atoms with Gasteiger partial charge in [-0.2, -0.15) is 0 Å². The number of Topliss-reactive ketones (excluding diaryl/α,β-unsaturated/α-hetero) is 1. The number of hydrogen-bond donors (Lipinski definition) is 0. The summed E-state index contributed by atoms with van der Waals surface area (Å²) in [5, 5.41) is 1.82. The zero-order chi connectivity index (χ0) is 21.4. The highest BCUT2D eigenvalue weighted by Gasteiger charge is 2.30. The molecular weight excluding hydrogens is 466 g/mol. The Bertz CT molecular complexity index is 1180. The van der Waals surface area contributed by atoms with Crippen molar-refractivity contribution in [3.8, 4) is 11.5 Å². The molecule has 0 N–H and O–H groups in total. The first-order valence-corrected chi connectivity index (χ1v) is 10.4. The first kappa shape index (κ1) is 21.1. The number of rotatable bonds is 4. The Kier molecular flexibility index (Phi) is 5.99. The van der Waals surface area contributed by atoms with Crippen molar-refractivity contribution < 1.29 is 14.3 Å². The van der Waals surface area contributed by atoms with Crippen molar-refractivity contribution in [2.75, 3.05) is 0 Å². The highest BCUT2D eigenvalue weighted by atomic mass is 35.5. The molecule has 1 aliphatic heterocycles. The highest BCUT2D eigenvalue weighted by molar-refractivity contribution is 6.42. The van der Waals surface area contributed by atoms with Crippen LogP contribution in [0.25, 0.3) is 6.08 Å². The van der Waals surface area contributed by atoms with E-state index in [0.29, 0.717) is 49.3 Å². The second kappa shape index (κ2) is 8.52. The first-order chi connectivity index (χ1) is 14.3. The molecule has 1 heterocycles. The number of allylic oxidation sites excluding steroid dienone is 1. The van der Waals surface area contributed by atoms with Crippen molar-refractivity contribution in [3.05, 3.63) is 96.6 Å². The van der Waals surface area contributed by atoms with E-state index >= 15 is 0 Å². The fourth-order valence-electron chi connectivity index (χ4n) is 3.09. The zero-order valence-electron chi connectivity index (χ0n) is 15.6. The van der Waals surface area contributed by atoms with Crippen LogP contribution in [0.3, 0.4) is 0 Å². The normalized spacial score (nSPS) is 14.0. The number of benzene rings is 3. The van der Waals surface area contributed by atoms with Crippen LogP contribution in [0.2, 0.25) is 20.1 Å². The molecule has 0 atom stereocenters. The Labute approximate surface area is 193 Å². The summed E-state index contributed by atoms with van der Waals surface area (Å²) in [6.07, 6.45) is 1.56. The molecule has 7 heteroatoms. The topological polar surface area (TPSA) is 35.5 Å². The maximum atomic E-state index is 12.8. The lowest BCUT2D eigenvalue weighted by Gasteiger charge is -2.12. The van der Waals surface area contributed by atoms with Crippen molar-refractivity contribution in [2.24, 2.45) is 0 Å². The van der Waals surface area contributed by atoms with Crippen molar-refractivity contribution in [1.29, 1.82) is 0 Å². The molecule has 0 unspecified atom stereocenters. The second-order valence-electron chi connectivity index (χ2n) is 6.68. The lowest BCUT2D eigenvalue weighted by atomic mass is 10.1. The van der Waals surface area contributed by atoms with Crippen molar-refractivity contribution in [1.82, 2.24) is 0 Å². The van der Waals surface area contributed by atoms with Gasteiger partial charge < -0.3 is 9.47 Å². The van der Waals surface area contributed by atoms with Gasteiger partial charge in [-0.3, -0.25) is 4.79 Å².